The van der Waals surface area contributed by atoms with Crippen LogP contribution in [0.25, 0.3) is 0 Å². The number of nitrogens with one attached hydrogen (secondary N) is 1. The summed E-state index contributed by atoms with van der Waals surface area (Å²) < 4.78 is 51.8. The number of carbonyl (C=O) groups excluding carboxylic acids is 2. The fourth-order valence-corrected chi connectivity index (χ4v) is 4.01. The largest absolute Gasteiger partial charge is 0.459 e. The Labute approximate surface area is 172 Å². The number of benzene rings is 1. The second-order valence-electron chi connectivity index (χ2n) is 7.44. The third-order valence-electron chi connectivity index (χ3n) is 5.36. The summed E-state index contributed by atoms with van der Waals surface area (Å²) in [6.07, 6.45) is 3.08. The molecule has 0 radical (unpaired) electrons. The van der Waals surface area contributed by atoms with Crippen LogP contribution >= 0.6 is 0 Å². The SMILES string of the molecule is CC1=C(C(=O)OCCF)C(c2cc(F)ccc2F)C(C(=O)OC2CCCC2)=C(C)N1. The molecule has 1 heterocycles. The summed E-state index contributed by atoms with van der Waals surface area (Å²) in [4.78, 5) is 25.8. The molecule has 0 saturated heterocycles. The van der Waals surface area contributed by atoms with Gasteiger partial charge < -0.3 is 14.8 Å². The highest BCUT2D eigenvalue weighted by atomic mass is 19.1. The molecule has 0 bridgehead atoms. The molecule has 1 fully saturated rings. The lowest BCUT2D eigenvalue weighted by Gasteiger charge is -2.31. The van der Waals surface area contributed by atoms with Crippen molar-refractivity contribution in [3.63, 3.8) is 0 Å². The van der Waals surface area contributed by atoms with Gasteiger partial charge >= 0.3 is 11.9 Å². The van der Waals surface area contributed by atoms with Crippen LogP contribution in [-0.2, 0) is 19.1 Å². The van der Waals surface area contributed by atoms with Gasteiger partial charge in [0, 0.05) is 17.0 Å². The number of hydrogen-bond acceptors (Lipinski definition) is 5. The van der Waals surface area contributed by atoms with E-state index in [0.29, 0.717) is 11.4 Å². The number of esters is 2. The summed E-state index contributed by atoms with van der Waals surface area (Å²) in [7, 11) is 0. The molecule has 1 aromatic rings. The molecule has 1 aromatic carbocycles. The maximum atomic E-state index is 14.7. The lowest BCUT2D eigenvalue weighted by Crippen LogP contribution is -2.34. The molecule has 8 heteroatoms. The van der Waals surface area contributed by atoms with Crippen LogP contribution in [0.2, 0.25) is 0 Å². The van der Waals surface area contributed by atoms with E-state index >= 15 is 0 Å². The predicted octanol–water partition coefficient (Wildman–Crippen LogP) is 4.20. The summed E-state index contributed by atoms with van der Waals surface area (Å²) in [6.45, 7) is 1.77. The number of rotatable bonds is 6. The standard InChI is InChI=1S/C22H24F3NO4/c1-12-18(21(27)29-10-9-23)20(16-11-14(24)7-8-17(16)25)19(13(2)26-12)22(28)30-15-5-3-4-6-15/h7-8,11,15,20,26H,3-6,9-10H2,1-2H3. The van der Waals surface area contributed by atoms with Crippen LogP contribution < -0.4 is 5.32 Å². The van der Waals surface area contributed by atoms with Crippen LogP contribution in [0.5, 0.6) is 0 Å². The van der Waals surface area contributed by atoms with Gasteiger partial charge in [0.05, 0.1) is 17.1 Å². The van der Waals surface area contributed by atoms with E-state index in [1.807, 2.05) is 0 Å². The van der Waals surface area contributed by atoms with Gasteiger partial charge in [0.25, 0.3) is 0 Å². The lowest BCUT2D eigenvalue weighted by molar-refractivity contribution is -0.144. The van der Waals surface area contributed by atoms with Crippen LogP contribution in [0.3, 0.4) is 0 Å². The quantitative estimate of drug-likeness (QED) is 0.695. The van der Waals surface area contributed by atoms with Crippen LogP contribution in [0.4, 0.5) is 13.2 Å². The predicted molar refractivity (Wildman–Crippen MR) is 103 cm³/mol. The molecular formula is C22H24F3NO4. The summed E-state index contributed by atoms with van der Waals surface area (Å²) in [5.41, 5.74) is 0.399. The van der Waals surface area contributed by atoms with E-state index in [-0.39, 0.29) is 22.8 Å². The zero-order chi connectivity index (χ0) is 21.8. The van der Waals surface area contributed by atoms with Crippen molar-refractivity contribution in [2.75, 3.05) is 13.3 Å². The third kappa shape index (κ3) is 4.52. The number of hydrogen-bond donors (Lipinski definition) is 1. The highest BCUT2D eigenvalue weighted by Gasteiger charge is 2.40. The van der Waals surface area contributed by atoms with Crippen molar-refractivity contribution in [2.24, 2.45) is 0 Å². The maximum absolute atomic E-state index is 14.7. The number of allylic oxidation sites excluding steroid dienone is 2. The van der Waals surface area contributed by atoms with Gasteiger partial charge in [-0.1, -0.05) is 0 Å². The number of dihydropyridines is 1. The highest BCUT2D eigenvalue weighted by Crippen LogP contribution is 2.41. The minimum atomic E-state index is -1.25. The van der Waals surface area contributed by atoms with E-state index in [9.17, 15) is 22.8 Å². The number of halogens is 3. The molecular weight excluding hydrogens is 399 g/mol. The highest BCUT2D eigenvalue weighted by molar-refractivity contribution is 6.00. The van der Waals surface area contributed by atoms with E-state index < -0.39 is 42.8 Å². The van der Waals surface area contributed by atoms with Gasteiger partial charge in [0.1, 0.15) is 31.0 Å². The van der Waals surface area contributed by atoms with E-state index in [4.69, 9.17) is 9.47 Å². The Bertz CT molecular complexity index is 904. The first-order valence-corrected chi connectivity index (χ1v) is 9.91. The number of ether oxygens (including phenoxy) is 2. The fraction of sp³-hybridized carbons (Fsp3) is 0.455. The van der Waals surface area contributed by atoms with Crippen molar-refractivity contribution in [3.8, 4) is 0 Å². The molecule has 3 rings (SSSR count). The van der Waals surface area contributed by atoms with E-state index in [1.54, 1.807) is 13.8 Å². The molecule has 5 nitrogen and oxygen atoms in total. The van der Waals surface area contributed by atoms with Gasteiger partial charge in [-0.15, -0.1) is 0 Å². The molecule has 0 spiro atoms. The average molecular weight is 423 g/mol. The van der Waals surface area contributed by atoms with Gasteiger partial charge in [-0.05, 0) is 57.7 Å². The molecule has 1 unspecified atom stereocenters. The molecule has 1 saturated carbocycles. The van der Waals surface area contributed by atoms with E-state index in [1.165, 1.54) is 0 Å². The van der Waals surface area contributed by atoms with Crippen molar-refractivity contribution in [1.82, 2.24) is 5.32 Å². The second-order valence-corrected chi connectivity index (χ2v) is 7.44. The molecule has 1 aliphatic heterocycles. The summed E-state index contributed by atoms with van der Waals surface area (Å²) in [5.74, 6) is -4.37. The lowest BCUT2D eigenvalue weighted by atomic mass is 9.80. The van der Waals surface area contributed by atoms with Crippen molar-refractivity contribution >= 4 is 11.9 Å². The fourth-order valence-electron chi connectivity index (χ4n) is 4.01. The molecule has 1 aliphatic carbocycles. The normalized spacial score (nSPS) is 19.7. The van der Waals surface area contributed by atoms with Crippen LogP contribution in [0, 0.1) is 11.6 Å². The molecule has 30 heavy (non-hydrogen) atoms. The maximum Gasteiger partial charge on any atom is 0.337 e. The van der Waals surface area contributed by atoms with Gasteiger partial charge in [0.2, 0.25) is 0 Å². The second kappa shape index (κ2) is 9.36. The zero-order valence-electron chi connectivity index (χ0n) is 16.9. The minimum Gasteiger partial charge on any atom is -0.459 e. The van der Waals surface area contributed by atoms with Gasteiger partial charge in [-0.2, -0.15) is 0 Å². The van der Waals surface area contributed by atoms with Crippen molar-refractivity contribution < 1.29 is 32.2 Å². The molecule has 1 atom stereocenters. The van der Waals surface area contributed by atoms with Crippen molar-refractivity contribution in [2.45, 2.75) is 51.6 Å². The molecule has 0 aromatic heterocycles. The molecule has 162 valence electrons. The monoisotopic (exact) mass is 423 g/mol. The Morgan fingerprint density at radius 2 is 1.70 bits per heavy atom. The third-order valence-corrected chi connectivity index (χ3v) is 5.36. The Morgan fingerprint density at radius 1 is 1.07 bits per heavy atom. The van der Waals surface area contributed by atoms with Crippen molar-refractivity contribution in [1.29, 1.82) is 0 Å². The Balaban J connectivity index is 2.08. The van der Waals surface area contributed by atoms with Crippen molar-refractivity contribution in [3.05, 3.63) is 57.9 Å². The van der Waals surface area contributed by atoms with Crippen LogP contribution in [-0.4, -0.2) is 31.3 Å². The minimum absolute atomic E-state index is 0.00389. The Hall–Kier alpha value is -2.77. The summed E-state index contributed by atoms with van der Waals surface area (Å²) in [5, 5.41) is 2.92. The Morgan fingerprint density at radius 3 is 2.33 bits per heavy atom. The molecule has 1 N–H and O–H groups in total. The number of alkyl halides is 1. The summed E-state index contributed by atoms with van der Waals surface area (Å²) >= 11 is 0. The van der Waals surface area contributed by atoms with Crippen LogP contribution in [0.15, 0.2) is 40.7 Å². The first-order valence-electron chi connectivity index (χ1n) is 9.91. The molecule has 0 amide bonds. The van der Waals surface area contributed by atoms with Gasteiger partial charge in [-0.3, -0.25) is 0 Å². The van der Waals surface area contributed by atoms with Gasteiger partial charge in [0.15, 0.2) is 0 Å². The zero-order valence-corrected chi connectivity index (χ0v) is 16.9. The van der Waals surface area contributed by atoms with Gasteiger partial charge in [-0.25, -0.2) is 22.8 Å². The number of carbonyl (C=O) groups is 2. The van der Waals surface area contributed by atoms with E-state index in [2.05, 4.69) is 5.32 Å². The topological polar surface area (TPSA) is 64.6 Å². The average Bonchev–Trinajstić information content (AvgIpc) is 3.20. The molecule has 2 aliphatic rings. The van der Waals surface area contributed by atoms with Crippen LogP contribution in [0.1, 0.15) is 51.0 Å². The summed E-state index contributed by atoms with van der Waals surface area (Å²) in [6, 6.07) is 2.82. The smallest absolute Gasteiger partial charge is 0.337 e. The Kier molecular flexibility index (Phi) is 6.84. The first kappa shape index (κ1) is 21.9. The van der Waals surface area contributed by atoms with E-state index in [0.717, 1.165) is 43.9 Å². The first-order chi connectivity index (χ1) is 14.3.